The van der Waals surface area contributed by atoms with E-state index >= 15 is 0 Å². The number of anilines is 1. The predicted octanol–water partition coefficient (Wildman–Crippen LogP) is 1.55. The number of carbonyl (C=O) groups is 2. The van der Waals surface area contributed by atoms with E-state index in [1.165, 1.54) is 19.2 Å². The van der Waals surface area contributed by atoms with Gasteiger partial charge in [0.2, 0.25) is 15.7 Å². The van der Waals surface area contributed by atoms with Crippen molar-refractivity contribution in [3.05, 3.63) is 24.3 Å². The summed E-state index contributed by atoms with van der Waals surface area (Å²) in [5, 5.41) is 5.38. The van der Waals surface area contributed by atoms with E-state index < -0.39 is 37.9 Å². The van der Waals surface area contributed by atoms with Gasteiger partial charge >= 0.3 is 11.7 Å². The number of nitrogens with one attached hydrogen (secondary N) is 2. The molecule has 140 valence electrons. The first-order valence-corrected chi connectivity index (χ1v) is 8.76. The van der Waals surface area contributed by atoms with Crippen molar-refractivity contribution in [2.75, 3.05) is 19.0 Å². The highest BCUT2D eigenvalue weighted by atomic mass is 32.2. The highest BCUT2D eigenvalue weighted by molar-refractivity contribution is 7.91. The Morgan fingerprint density at radius 1 is 1.20 bits per heavy atom. The van der Waals surface area contributed by atoms with E-state index in [1.54, 1.807) is 13.8 Å². The molecule has 10 heteroatoms. The number of halogens is 2. The van der Waals surface area contributed by atoms with Crippen molar-refractivity contribution < 1.29 is 31.5 Å². The number of benzene rings is 1. The minimum Gasteiger partial charge on any atom is -0.469 e. The lowest BCUT2D eigenvalue weighted by atomic mass is 10.0. The molecular formula is C15H20F2N2O5S. The van der Waals surface area contributed by atoms with Gasteiger partial charge in [-0.3, -0.25) is 9.59 Å². The Balaban J connectivity index is 2.62. The summed E-state index contributed by atoms with van der Waals surface area (Å²) in [5.74, 6) is -4.37. The molecule has 0 heterocycles. The number of hydrogen-bond donors (Lipinski definition) is 2. The SMILES string of the molecule is COC(=O)CC(C)(C)NCC(=O)Nc1ccc(S(=O)(=O)C(F)F)cc1. The van der Waals surface area contributed by atoms with Crippen LogP contribution in [0.15, 0.2) is 29.2 Å². The molecule has 1 aromatic rings. The van der Waals surface area contributed by atoms with Crippen molar-refractivity contribution in [1.82, 2.24) is 5.32 Å². The summed E-state index contributed by atoms with van der Waals surface area (Å²) in [6.07, 6.45) is 0.0664. The van der Waals surface area contributed by atoms with E-state index in [4.69, 9.17) is 0 Å². The molecule has 25 heavy (non-hydrogen) atoms. The van der Waals surface area contributed by atoms with Gasteiger partial charge in [-0.2, -0.15) is 8.78 Å². The maximum Gasteiger partial charge on any atom is 0.341 e. The zero-order valence-electron chi connectivity index (χ0n) is 14.0. The largest absolute Gasteiger partial charge is 0.469 e. The molecule has 0 bridgehead atoms. The summed E-state index contributed by atoms with van der Waals surface area (Å²) < 4.78 is 52.1. The number of alkyl halides is 2. The number of rotatable bonds is 8. The van der Waals surface area contributed by atoms with E-state index in [-0.39, 0.29) is 18.7 Å². The molecule has 0 aliphatic rings. The number of esters is 1. The van der Waals surface area contributed by atoms with Crippen LogP contribution in [0.2, 0.25) is 0 Å². The van der Waals surface area contributed by atoms with Gasteiger partial charge < -0.3 is 15.4 Å². The van der Waals surface area contributed by atoms with Gasteiger partial charge in [0, 0.05) is 11.2 Å². The summed E-state index contributed by atoms with van der Waals surface area (Å²) >= 11 is 0. The highest BCUT2D eigenvalue weighted by Crippen LogP contribution is 2.20. The smallest absolute Gasteiger partial charge is 0.341 e. The minimum atomic E-state index is -4.67. The number of methoxy groups -OCH3 is 1. The Morgan fingerprint density at radius 2 is 1.76 bits per heavy atom. The van der Waals surface area contributed by atoms with Crippen molar-refractivity contribution in [2.45, 2.75) is 36.5 Å². The van der Waals surface area contributed by atoms with Gasteiger partial charge in [-0.05, 0) is 38.1 Å². The molecule has 0 aromatic heterocycles. The molecule has 0 radical (unpaired) electrons. The van der Waals surface area contributed by atoms with Crippen LogP contribution >= 0.6 is 0 Å². The summed E-state index contributed by atoms with van der Waals surface area (Å²) in [6.45, 7) is 3.34. The molecule has 1 aromatic carbocycles. The third-order valence-corrected chi connectivity index (χ3v) is 4.64. The Bertz CT molecular complexity index is 718. The fraction of sp³-hybridized carbons (Fsp3) is 0.467. The van der Waals surface area contributed by atoms with Gasteiger partial charge in [0.25, 0.3) is 0 Å². The van der Waals surface area contributed by atoms with Gasteiger partial charge in [0.1, 0.15) is 0 Å². The van der Waals surface area contributed by atoms with E-state index in [1.807, 2.05) is 0 Å². The lowest BCUT2D eigenvalue weighted by molar-refractivity contribution is -0.142. The predicted molar refractivity (Wildman–Crippen MR) is 87.0 cm³/mol. The Hall–Kier alpha value is -2.07. The van der Waals surface area contributed by atoms with Crippen LogP contribution in [0.4, 0.5) is 14.5 Å². The van der Waals surface area contributed by atoms with Crippen LogP contribution in [0.1, 0.15) is 20.3 Å². The average molecular weight is 378 g/mol. The molecule has 7 nitrogen and oxygen atoms in total. The minimum absolute atomic E-state index is 0.0664. The second-order valence-electron chi connectivity index (χ2n) is 5.87. The van der Waals surface area contributed by atoms with Crippen molar-refractivity contribution in [1.29, 1.82) is 0 Å². The molecule has 0 spiro atoms. The van der Waals surface area contributed by atoms with Crippen molar-refractivity contribution in [2.24, 2.45) is 0 Å². The normalized spacial score (nSPS) is 12.1. The van der Waals surface area contributed by atoms with Crippen LogP contribution in [0.3, 0.4) is 0 Å². The average Bonchev–Trinajstić information content (AvgIpc) is 2.53. The first-order valence-electron chi connectivity index (χ1n) is 7.22. The van der Waals surface area contributed by atoms with Gasteiger partial charge in [-0.25, -0.2) is 8.42 Å². The van der Waals surface area contributed by atoms with Gasteiger partial charge in [0.05, 0.1) is 25.0 Å². The molecule has 0 saturated carbocycles. The second kappa shape index (κ2) is 8.34. The molecule has 0 unspecified atom stereocenters. The molecule has 0 aliphatic heterocycles. The fourth-order valence-electron chi connectivity index (χ4n) is 1.85. The van der Waals surface area contributed by atoms with Crippen LogP contribution < -0.4 is 10.6 Å². The Labute approximate surface area is 144 Å². The third kappa shape index (κ3) is 6.39. The molecule has 0 aliphatic carbocycles. The fourth-order valence-corrected chi connectivity index (χ4v) is 2.57. The summed E-state index contributed by atoms with van der Waals surface area (Å²) in [6, 6.07) is 4.41. The van der Waals surface area contributed by atoms with Crippen molar-refractivity contribution in [3.8, 4) is 0 Å². The maximum absolute atomic E-state index is 12.4. The van der Waals surface area contributed by atoms with Crippen LogP contribution in [0, 0.1) is 0 Å². The number of hydrogen-bond acceptors (Lipinski definition) is 6. The summed E-state index contributed by atoms with van der Waals surface area (Å²) in [4.78, 5) is 22.6. The molecule has 1 amide bonds. The van der Waals surface area contributed by atoms with Crippen LogP contribution in [-0.4, -0.2) is 45.2 Å². The van der Waals surface area contributed by atoms with E-state index in [2.05, 4.69) is 15.4 Å². The van der Waals surface area contributed by atoms with Gasteiger partial charge in [-0.15, -0.1) is 0 Å². The molecule has 1 rings (SSSR count). The van der Waals surface area contributed by atoms with Crippen LogP contribution in [0.5, 0.6) is 0 Å². The number of ether oxygens (including phenoxy) is 1. The summed E-state index contributed by atoms with van der Waals surface area (Å²) in [7, 11) is -3.40. The van der Waals surface area contributed by atoms with E-state index in [0.29, 0.717) is 0 Å². The zero-order valence-corrected chi connectivity index (χ0v) is 14.8. The van der Waals surface area contributed by atoms with Crippen LogP contribution in [0.25, 0.3) is 0 Å². The van der Waals surface area contributed by atoms with Gasteiger partial charge in [0.15, 0.2) is 0 Å². The van der Waals surface area contributed by atoms with Crippen molar-refractivity contribution >= 4 is 27.4 Å². The van der Waals surface area contributed by atoms with E-state index in [0.717, 1.165) is 12.1 Å². The standard InChI is InChI=1S/C15H20F2N2O5S/c1-15(2,8-13(21)24-3)18-9-12(20)19-10-4-6-11(7-5-10)25(22,23)14(16)17/h4-7,14,18H,8-9H2,1-3H3,(H,19,20). The zero-order chi connectivity index (χ0) is 19.3. The highest BCUT2D eigenvalue weighted by Gasteiger charge is 2.26. The maximum atomic E-state index is 12.4. The second-order valence-corrected chi connectivity index (χ2v) is 7.79. The molecule has 0 fully saturated rings. The first-order chi connectivity index (χ1) is 11.5. The lowest BCUT2D eigenvalue weighted by Crippen LogP contribution is -2.45. The summed E-state index contributed by atoms with van der Waals surface area (Å²) in [5.41, 5.74) is -0.412. The number of amides is 1. The molecular weight excluding hydrogens is 358 g/mol. The first kappa shape index (κ1) is 21.0. The number of sulfone groups is 1. The third-order valence-electron chi connectivity index (χ3n) is 3.24. The van der Waals surface area contributed by atoms with Crippen LogP contribution in [-0.2, 0) is 24.2 Å². The topological polar surface area (TPSA) is 102 Å². The molecule has 0 atom stereocenters. The quantitative estimate of drug-likeness (QED) is 0.666. The Kier molecular flexibility index (Phi) is 7.00. The van der Waals surface area contributed by atoms with Gasteiger partial charge in [-0.1, -0.05) is 0 Å². The van der Waals surface area contributed by atoms with Crippen molar-refractivity contribution in [3.63, 3.8) is 0 Å². The number of carbonyl (C=O) groups excluding carboxylic acids is 2. The monoisotopic (exact) mass is 378 g/mol. The molecule has 0 saturated heterocycles. The van der Waals surface area contributed by atoms with E-state index in [9.17, 15) is 26.8 Å². The Morgan fingerprint density at radius 3 is 2.24 bits per heavy atom. The lowest BCUT2D eigenvalue weighted by Gasteiger charge is -2.24. The molecule has 2 N–H and O–H groups in total.